The Morgan fingerprint density at radius 2 is 1.87 bits per heavy atom. The first kappa shape index (κ1) is 18.7. The van der Waals surface area contributed by atoms with E-state index in [4.69, 9.17) is 14.2 Å². The highest BCUT2D eigenvalue weighted by Crippen LogP contribution is 2.63. The molecule has 4 aliphatic rings. The molecule has 1 spiro atoms. The zero-order valence-electron chi connectivity index (χ0n) is 17.7. The molecule has 1 saturated heterocycles. The number of hydrogen-bond donors (Lipinski definition) is 0. The van der Waals surface area contributed by atoms with E-state index in [1.165, 1.54) is 24.0 Å². The van der Waals surface area contributed by atoms with Crippen LogP contribution in [0.2, 0.25) is 0 Å². The van der Waals surface area contributed by atoms with E-state index in [-0.39, 0.29) is 5.41 Å². The van der Waals surface area contributed by atoms with E-state index in [1.54, 1.807) is 5.56 Å². The Labute approximate surface area is 179 Å². The van der Waals surface area contributed by atoms with Crippen molar-refractivity contribution in [3.05, 3.63) is 77.4 Å². The third-order valence-electron chi connectivity index (χ3n) is 8.23. The largest absolute Gasteiger partial charge is 0.489 e. The van der Waals surface area contributed by atoms with E-state index in [9.17, 15) is 0 Å². The molecule has 4 atom stereocenters. The number of aryl methyl sites for hydroxylation is 1. The lowest BCUT2D eigenvalue weighted by atomic mass is 9.54. The minimum atomic E-state index is -0.474. The summed E-state index contributed by atoms with van der Waals surface area (Å²) in [5.41, 5.74) is 4.31. The van der Waals surface area contributed by atoms with Crippen LogP contribution in [0.4, 0.5) is 0 Å². The summed E-state index contributed by atoms with van der Waals surface area (Å²) in [5, 5.41) is 0. The van der Waals surface area contributed by atoms with Gasteiger partial charge in [-0.05, 0) is 78.3 Å². The van der Waals surface area contributed by atoms with Crippen molar-refractivity contribution < 1.29 is 14.2 Å². The summed E-state index contributed by atoms with van der Waals surface area (Å²) in [6, 6.07) is 17.2. The van der Waals surface area contributed by atoms with Crippen molar-refractivity contribution in [3.8, 4) is 5.75 Å². The Kier molecular flexibility index (Phi) is 4.33. The van der Waals surface area contributed by atoms with Crippen LogP contribution < -0.4 is 4.74 Å². The lowest BCUT2D eigenvalue weighted by molar-refractivity contribution is -0.215. The first-order valence-electron chi connectivity index (χ1n) is 11.5. The van der Waals surface area contributed by atoms with Crippen LogP contribution in [-0.2, 0) is 22.5 Å². The van der Waals surface area contributed by atoms with Crippen molar-refractivity contribution in [1.29, 1.82) is 0 Å². The van der Waals surface area contributed by atoms with E-state index in [2.05, 4.69) is 61.5 Å². The van der Waals surface area contributed by atoms with Gasteiger partial charge in [0, 0.05) is 5.41 Å². The van der Waals surface area contributed by atoms with E-state index >= 15 is 0 Å². The number of ether oxygens (including phenoxy) is 3. The third kappa shape index (κ3) is 2.72. The molecule has 2 fully saturated rings. The lowest BCUT2D eigenvalue weighted by Gasteiger charge is -2.52. The molecule has 3 aliphatic carbocycles. The van der Waals surface area contributed by atoms with Crippen LogP contribution in [0.3, 0.4) is 0 Å². The fraction of sp³-hybridized carbons (Fsp3) is 0.481. The van der Waals surface area contributed by atoms with Gasteiger partial charge in [-0.3, -0.25) is 0 Å². The second-order valence-corrected chi connectivity index (χ2v) is 9.65. The maximum absolute atomic E-state index is 6.18. The molecule has 156 valence electrons. The van der Waals surface area contributed by atoms with Crippen molar-refractivity contribution in [3.63, 3.8) is 0 Å². The number of hydrogen-bond acceptors (Lipinski definition) is 3. The highest BCUT2D eigenvalue weighted by molar-refractivity contribution is 5.42. The van der Waals surface area contributed by atoms with Gasteiger partial charge in [-0.25, -0.2) is 0 Å². The van der Waals surface area contributed by atoms with Gasteiger partial charge in [0.15, 0.2) is 5.79 Å². The van der Waals surface area contributed by atoms with Gasteiger partial charge in [-0.1, -0.05) is 49.4 Å². The molecule has 0 amide bonds. The Bertz CT molecular complexity index is 959. The van der Waals surface area contributed by atoms with Crippen LogP contribution in [-0.4, -0.2) is 19.0 Å². The van der Waals surface area contributed by atoms with Gasteiger partial charge in [0.1, 0.15) is 12.4 Å². The second kappa shape index (κ2) is 6.96. The molecule has 0 N–H and O–H groups in total. The average Bonchev–Trinajstić information content (AvgIpc) is 3.38. The Balaban J connectivity index is 1.22. The zero-order chi connectivity index (χ0) is 20.2. The molecule has 6 rings (SSSR count). The third-order valence-corrected chi connectivity index (χ3v) is 8.23. The molecule has 0 unspecified atom stereocenters. The molecule has 1 heterocycles. The standard InChI is InChI=1S/C27H30O3/c1-26-13-11-23-22-10-8-21(28-18-19-5-3-2-4-6-19)17-20(22)7-9-24(23)25(26)12-14-27(26)29-15-16-30-27/h2-6,8,10,12,14,17,23-25H,7,9,11,13,15-16,18H2,1H3/t23-,24+,25+,26-/m0/s1. The Morgan fingerprint density at radius 1 is 1.03 bits per heavy atom. The molecule has 30 heavy (non-hydrogen) atoms. The van der Waals surface area contributed by atoms with Crippen LogP contribution in [0, 0.1) is 17.3 Å². The van der Waals surface area contributed by atoms with Crippen molar-refractivity contribution >= 4 is 0 Å². The van der Waals surface area contributed by atoms with Crippen LogP contribution in [0.5, 0.6) is 5.75 Å². The topological polar surface area (TPSA) is 27.7 Å². The molecular weight excluding hydrogens is 372 g/mol. The summed E-state index contributed by atoms with van der Waals surface area (Å²) >= 11 is 0. The number of benzene rings is 2. The molecule has 0 radical (unpaired) electrons. The lowest BCUT2D eigenvalue weighted by Crippen LogP contribution is -2.52. The second-order valence-electron chi connectivity index (χ2n) is 9.65. The van der Waals surface area contributed by atoms with Gasteiger partial charge in [0.05, 0.1) is 13.2 Å². The number of fused-ring (bicyclic) bond motifs is 6. The van der Waals surface area contributed by atoms with Crippen LogP contribution in [0.15, 0.2) is 60.7 Å². The first-order valence-corrected chi connectivity index (χ1v) is 11.5. The Morgan fingerprint density at radius 3 is 2.70 bits per heavy atom. The van der Waals surface area contributed by atoms with E-state index < -0.39 is 5.79 Å². The van der Waals surface area contributed by atoms with Gasteiger partial charge < -0.3 is 14.2 Å². The molecule has 1 aliphatic heterocycles. The minimum absolute atomic E-state index is 0.0703. The molecule has 3 nitrogen and oxygen atoms in total. The minimum Gasteiger partial charge on any atom is -0.489 e. The van der Waals surface area contributed by atoms with E-state index in [1.807, 2.05) is 6.07 Å². The fourth-order valence-electron chi connectivity index (χ4n) is 6.68. The number of rotatable bonds is 3. The maximum Gasteiger partial charge on any atom is 0.193 e. The molecule has 2 aromatic carbocycles. The normalized spacial score (nSPS) is 33.2. The van der Waals surface area contributed by atoms with E-state index in [0.29, 0.717) is 24.4 Å². The molecule has 0 bridgehead atoms. The van der Waals surface area contributed by atoms with Crippen molar-refractivity contribution in [2.45, 2.75) is 50.9 Å². The summed E-state index contributed by atoms with van der Waals surface area (Å²) in [7, 11) is 0. The fourth-order valence-corrected chi connectivity index (χ4v) is 6.68. The summed E-state index contributed by atoms with van der Waals surface area (Å²) < 4.78 is 18.5. The van der Waals surface area contributed by atoms with Gasteiger partial charge in [0.25, 0.3) is 0 Å². The quantitative estimate of drug-likeness (QED) is 0.622. The molecule has 2 aromatic rings. The predicted molar refractivity (Wildman–Crippen MR) is 116 cm³/mol. The zero-order valence-corrected chi connectivity index (χ0v) is 17.7. The maximum atomic E-state index is 6.18. The van der Waals surface area contributed by atoms with Gasteiger partial charge in [-0.15, -0.1) is 0 Å². The van der Waals surface area contributed by atoms with Crippen LogP contribution in [0.1, 0.15) is 48.8 Å². The SMILES string of the molecule is C[C@]12CC[C@H]3c4ccc(OCc5ccccc5)cc4CC[C@H]3[C@H]1C=CC21OCCO1. The highest BCUT2D eigenvalue weighted by Gasteiger charge is 2.62. The average molecular weight is 403 g/mol. The van der Waals surface area contributed by atoms with Gasteiger partial charge >= 0.3 is 0 Å². The van der Waals surface area contributed by atoms with Crippen molar-refractivity contribution in [2.75, 3.05) is 13.2 Å². The monoisotopic (exact) mass is 402 g/mol. The Hall–Kier alpha value is -2.10. The molecule has 1 saturated carbocycles. The summed E-state index contributed by atoms with van der Waals surface area (Å²) in [5.74, 6) is 2.37. The van der Waals surface area contributed by atoms with Crippen LogP contribution >= 0.6 is 0 Å². The van der Waals surface area contributed by atoms with E-state index in [0.717, 1.165) is 31.8 Å². The summed E-state index contributed by atoms with van der Waals surface area (Å²) in [4.78, 5) is 0. The number of allylic oxidation sites excluding steroid dienone is 1. The predicted octanol–water partition coefficient (Wildman–Crippen LogP) is 5.64. The van der Waals surface area contributed by atoms with Gasteiger partial charge in [-0.2, -0.15) is 0 Å². The van der Waals surface area contributed by atoms with Crippen molar-refractivity contribution in [1.82, 2.24) is 0 Å². The smallest absolute Gasteiger partial charge is 0.193 e. The molecule has 0 aromatic heterocycles. The molecular formula is C27H30O3. The highest BCUT2D eigenvalue weighted by atomic mass is 16.7. The van der Waals surface area contributed by atoms with Gasteiger partial charge in [0.2, 0.25) is 0 Å². The van der Waals surface area contributed by atoms with Crippen molar-refractivity contribution in [2.24, 2.45) is 17.3 Å². The van der Waals surface area contributed by atoms with Crippen LogP contribution in [0.25, 0.3) is 0 Å². The first-order chi connectivity index (χ1) is 14.7. The molecule has 3 heteroatoms. The summed E-state index contributed by atoms with van der Waals surface area (Å²) in [6.45, 7) is 4.46. The summed E-state index contributed by atoms with van der Waals surface area (Å²) in [6.07, 6.45) is 9.39.